The van der Waals surface area contributed by atoms with Crippen LogP contribution in [0.5, 0.6) is 11.5 Å². The first-order chi connectivity index (χ1) is 21.9. The summed E-state index contributed by atoms with van der Waals surface area (Å²) in [6.45, 7) is 0.109. The summed E-state index contributed by atoms with van der Waals surface area (Å²) in [7, 11) is -1.09. The number of carbonyl (C=O) groups excluding carboxylic acids is 1. The number of benzene rings is 4. The van der Waals surface area contributed by atoms with Crippen molar-refractivity contribution in [1.82, 2.24) is 9.62 Å². The van der Waals surface area contributed by atoms with Gasteiger partial charge in [-0.05, 0) is 79.3 Å². The van der Waals surface area contributed by atoms with E-state index in [9.17, 15) is 13.2 Å². The lowest BCUT2D eigenvalue weighted by Gasteiger charge is -2.36. The summed E-state index contributed by atoms with van der Waals surface area (Å²) in [6.07, 6.45) is 5.59. The summed E-state index contributed by atoms with van der Waals surface area (Å²) < 4.78 is 40.4. The fourth-order valence-electron chi connectivity index (χ4n) is 6.07. The van der Waals surface area contributed by atoms with E-state index in [2.05, 4.69) is 29.6 Å². The fourth-order valence-corrected chi connectivity index (χ4v) is 7.65. The normalized spacial score (nSPS) is 15.0. The van der Waals surface area contributed by atoms with E-state index < -0.39 is 16.1 Å². The molecule has 45 heavy (non-hydrogen) atoms. The van der Waals surface area contributed by atoms with E-state index in [1.165, 1.54) is 41.8 Å². The summed E-state index contributed by atoms with van der Waals surface area (Å²) >= 11 is 0. The molecule has 7 nitrogen and oxygen atoms in total. The Kier molecular flexibility index (Phi) is 10.9. The summed E-state index contributed by atoms with van der Waals surface area (Å²) in [5, 5.41) is 3.29. The highest BCUT2D eigenvalue weighted by Crippen LogP contribution is 2.34. The number of rotatable bonds is 14. The summed E-state index contributed by atoms with van der Waals surface area (Å²) in [4.78, 5) is 14.2. The summed E-state index contributed by atoms with van der Waals surface area (Å²) in [5.41, 5.74) is 4.42. The average molecular weight is 627 g/mol. The quantitative estimate of drug-likeness (QED) is 0.176. The van der Waals surface area contributed by atoms with Crippen LogP contribution in [0, 0.1) is 0 Å². The van der Waals surface area contributed by atoms with Crippen molar-refractivity contribution in [2.45, 2.75) is 68.5 Å². The van der Waals surface area contributed by atoms with Crippen LogP contribution < -0.4 is 14.8 Å². The lowest BCUT2D eigenvalue weighted by molar-refractivity contribution is -0.126. The first-order valence-electron chi connectivity index (χ1n) is 15.6. The SMILES string of the molecule is COc1ccc(S(=O)(=O)N2Cc3ccccc3CC2C(=O)NC(CCCc2ccccc2)CCCc2ccccc2)cc1OC. The molecule has 1 unspecified atom stereocenters. The van der Waals surface area contributed by atoms with E-state index in [1.54, 1.807) is 6.07 Å². The highest BCUT2D eigenvalue weighted by molar-refractivity contribution is 7.89. The average Bonchev–Trinajstić information content (AvgIpc) is 3.08. The molecule has 0 spiro atoms. The van der Waals surface area contributed by atoms with Crippen molar-refractivity contribution < 1.29 is 22.7 Å². The lowest BCUT2D eigenvalue weighted by Crippen LogP contribution is -2.54. The third-order valence-electron chi connectivity index (χ3n) is 8.54. The molecule has 0 fully saturated rings. The molecule has 1 atom stereocenters. The standard InChI is InChI=1S/C37H42N2O5S/c1-43-35-24-23-33(26-36(35)44-2)45(41,42)39-27-31-20-10-9-19-30(31)25-34(39)37(40)38-32(21-11-17-28-13-5-3-6-14-28)22-12-18-29-15-7-4-8-16-29/h3-10,13-16,19-20,23-24,26,32,34H,11-12,17-18,21-22,25,27H2,1-2H3,(H,38,40). The molecule has 0 saturated carbocycles. The van der Waals surface area contributed by atoms with Gasteiger partial charge in [-0.1, -0.05) is 84.9 Å². The molecule has 4 aromatic carbocycles. The van der Waals surface area contributed by atoms with E-state index in [1.807, 2.05) is 60.7 Å². The maximum absolute atomic E-state index is 14.2. The van der Waals surface area contributed by atoms with E-state index in [0.717, 1.165) is 49.7 Å². The number of carbonyl (C=O) groups is 1. The van der Waals surface area contributed by atoms with Gasteiger partial charge in [0.05, 0.1) is 19.1 Å². The van der Waals surface area contributed by atoms with Crippen molar-refractivity contribution in [3.8, 4) is 11.5 Å². The van der Waals surface area contributed by atoms with Gasteiger partial charge in [-0.2, -0.15) is 4.31 Å². The molecule has 0 radical (unpaired) electrons. The van der Waals surface area contributed by atoms with Crippen molar-refractivity contribution in [3.63, 3.8) is 0 Å². The van der Waals surface area contributed by atoms with Crippen molar-refractivity contribution in [3.05, 3.63) is 125 Å². The van der Waals surface area contributed by atoms with Gasteiger partial charge in [-0.25, -0.2) is 8.42 Å². The topological polar surface area (TPSA) is 84.9 Å². The molecule has 236 valence electrons. The Morgan fingerprint density at radius 2 is 1.33 bits per heavy atom. The molecule has 1 heterocycles. The second kappa shape index (κ2) is 15.2. The fraction of sp³-hybridized carbons (Fsp3) is 0.324. The van der Waals surface area contributed by atoms with Gasteiger partial charge >= 0.3 is 0 Å². The Labute approximate surface area is 267 Å². The van der Waals surface area contributed by atoms with Crippen molar-refractivity contribution in [1.29, 1.82) is 0 Å². The Bertz CT molecular complexity index is 1620. The van der Waals surface area contributed by atoms with Crippen LogP contribution in [0.25, 0.3) is 0 Å². The number of ether oxygens (including phenoxy) is 2. The van der Waals surface area contributed by atoms with Crippen LogP contribution in [-0.4, -0.2) is 44.9 Å². The molecule has 4 aromatic rings. The van der Waals surface area contributed by atoms with Crippen LogP contribution in [0.4, 0.5) is 0 Å². The predicted molar refractivity (Wildman–Crippen MR) is 177 cm³/mol. The smallest absolute Gasteiger partial charge is 0.244 e. The molecular formula is C37H42N2O5S. The minimum Gasteiger partial charge on any atom is -0.493 e. The number of sulfonamides is 1. The van der Waals surface area contributed by atoms with Crippen molar-refractivity contribution in [2.24, 2.45) is 0 Å². The van der Waals surface area contributed by atoms with Crippen LogP contribution in [0.15, 0.2) is 108 Å². The lowest BCUT2D eigenvalue weighted by atomic mass is 9.94. The molecule has 8 heteroatoms. The molecule has 0 aliphatic carbocycles. The summed E-state index contributed by atoms with van der Waals surface area (Å²) in [5.74, 6) is 0.482. The molecule has 1 N–H and O–H groups in total. The molecule has 1 aliphatic heterocycles. The first-order valence-corrected chi connectivity index (χ1v) is 17.0. The highest BCUT2D eigenvalue weighted by Gasteiger charge is 2.40. The van der Waals surface area contributed by atoms with Gasteiger partial charge in [-0.15, -0.1) is 0 Å². The van der Waals surface area contributed by atoms with Crippen LogP contribution >= 0.6 is 0 Å². The van der Waals surface area contributed by atoms with Crippen LogP contribution in [0.2, 0.25) is 0 Å². The minimum atomic E-state index is -4.06. The van der Waals surface area contributed by atoms with E-state index in [0.29, 0.717) is 17.9 Å². The number of amides is 1. The van der Waals surface area contributed by atoms with Gasteiger partial charge in [-0.3, -0.25) is 4.79 Å². The van der Waals surface area contributed by atoms with Gasteiger partial charge in [0, 0.05) is 18.7 Å². The zero-order valence-electron chi connectivity index (χ0n) is 26.0. The van der Waals surface area contributed by atoms with Crippen LogP contribution in [-0.2, 0) is 40.6 Å². The third-order valence-corrected chi connectivity index (χ3v) is 10.4. The minimum absolute atomic E-state index is 0.0552. The van der Waals surface area contributed by atoms with Gasteiger partial charge in [0.25, 0.3) is 0 Å². The van der Waals surface area contributed by atoms with Crippen molar-refractivity contribution >= 4 is 15.9 Å². The molecule has 0 aromatic heterocycles. The second-order valence-corrected chi connectivity index (χ2v) is 13.4. The molecule has 1 amide bonds. The maximum Gasteiger partial charge on any atom is 0.244 e. The third kappa shape index (κ3) is 8.12. The van der Waals surface area contributed by atoms with Crippen LogP contribution in [0.3, 0.4) is 0 Å². The monoisotopic (exact) mass is 626 g/mol. The Morgan fingerprint density at radius 3 is 1.91 bits per heavy atom. The summed E-state index contributed by atoms with van der Waals surface area (Å²) in [6, 6.07) is 32.0. The number of fused-ring (bicyclic) bond motifs is 1. The van der Waals surface area contributed by atoms with Crippen molar-refractivity contribution in [2.75, 3.05) is 14.2 Å². The first kappa shape index (κ1) is 32.3. The van der Waals surface area contributed by atoms with Gasteiger partial charge < -0.3 is 14.8 Å². The van der Waals surface area contributed by atoms with Crippen LogP contribution in [0.1, 0.15) is 47.9 Å². The van der Waals surface area contributed by atoms with E-state index in [4.69, 9.17) is 9.47 Å². The molecule has 1 aliphatic rings. The zero-order chi connectivity index (χ0) is 31.6. The molecule has 5 rings (SSSR count). The molecular weight excluding hydrogens is 584 g/mol. The highest BCUT2D eigenvalue weighted by atomic mass is 32.2. The number of methoxy groups -OCH3 is 2. The largest absolute Gasteiger partial charge is 0.493 e. The maximum atomic E-state index is 14.2. The number of hydrogen-bond donors (Lipinski definition) is 1. The van der Waals surface area contributed by atoms with Gasteiger partial charge in [0.2, 0.25) is 15.9 Å². The number of aryl methyl sites for hydroxylation is 2. The van der Waals surface area contributed by atoms with Gasteiger partial charge in [0.1, 0.15) is 6.04 Å². The Morgan fingerprint density at radius 1 is 0.778 bits per heavy atom. The molecule has 0 saturated heterocycles. The number of hydrogen-bond acceptors (Lipinski definition) is 5. The molecule has 0 bridgehead atoms. The predicted octanol–water partition coefficient (Wildman–Crippen LogP) is 6.35. The van der Waals surface area contributed by atoms with E-state index in [-0.39, 0.29) is 23.4 Å². The van der Waals surface area contributed by atoms with E-state index >= 15 is 0 Å². The van der Waals surface area contributed by atoms with Gasteiger partial charge in [0.15, 0.2) is 11.5 Å². The number of nitrogens with zero attached hydrogens (tertiary/aromatic N) is 1. The Hall–Kier alpha value is -4.14. The number of nitrogens with one attached hydrogen (secondary N) is 1. The zero-order valence-corrected chi connectivity index (χ0v) is 26.8. The second-order valence-electron chi connectivity index (χ2n) is 11.5. The Balaban J connectivity index is 1.37.